The van der Waals surface area contributed by atoms with E-state index in [1.165, 1.54) is 7.11 Å². The molecule has 5 nitrogen and oxygen atoms in total. The summed E-state index contributed by atoms with van der Waals surface area (Å²) >= 11 is 0. The third-order valence-corrected chi connectivity index (χ3v) is 4.44. The summed E-state index contributed by atoms with van der Waals surface area (Å²) in [6.45, 7) is 9.97. The number of methoxy groups -OCH3 is 1. The van der Waals surface area contributed by atoms with Crippen LogP contribution < -0.4 is 0 Å². The molecular formula is C20H28O5. The van der Waals surface area contributed by atoms with Gasteiger partial charge < -0.3 is 14.6 Å². The van der Waals surface area contributed by atoms with E-state index in [0.29, 0.717) is 24.2 Å². The van der Waals surface area contributed by atoms with Crippen LogP contribution in [0.2, 0.25) is 0 Å². The molecule has 0 amide bonds. The van der Waals surface area contributed by atoms with E-state index >= 15 is 0 Å². The summed E-state index contributed by atoms with van der Waals surface area (Å²) in [7, 11) is 1.30. The fourth-order valence-corrected chi connectivity index (χ4v) is 3.15. The summed E-state index contributed by atoms with van der Waals surface area (Å²) in [5.74, 6) is -1.56. The number of hydrogen-bond donors (Lipinski definition) is 1. The molecule has 0 radical (unpaired) electrons. The Morgan fingerprint density at radius 1 is 1.24 bits per heavy atom. The van der Waals surface area contributed by atoms with Crippen molar-refractivity contribution in [2.24, 2.45) is 0 Å². The molecule has 0 aliphatic rings. The van der Waals surface area contributed by atoms with E-state index in [0.717, 1.165) is 19.3 Å². The lowest BCUT2D eigenvalue weighted by molar-refractivity contribution is -0.140. The molecule has 1 atom stereocenters. The first-order valence-corrected chi connectivity index (χ1v) is 8.60. The third kappa shape index (κ3) is 4.48. The normalized spacial score (nSPS) is 13.1. The highest BCUT2D eigenvalue weighted by Crippen LogP contribution is 2.41. The minimum Gasteiger partial charge on any atom is -0.478 e. The monoisotopic (exact) mass is 348 g/mol. The molecular weight excluding hydrogens is 320 g/mol. The van der Waals surface area contributed by atoms with Crippen LogP contribution in [0.5, 0.6) is 0 Å². The zero-order valence-corrected chi connectivity index (χ0v) is 15.6. The molecule has 5 heteroatoms. The van der Waals surface area contributed by atoms with Gasteiger partial charge in [0, 0.05) is 6.61 Å². The van der Waals surface area contributed by atoms with E-state index in [-0.39, 0.29) is 11.1 Å². The Morgan fingerprint density at radius 3 is 2.44 bits per heavy atom. The zero-order valence-electron chi connectivity index (χ0n) is 15.6. The number of aromatic carboxylic acids is 1. The molecule has 0 spiro atoms. The summed E-state index contributed by atoms with van der Waals surface area (Å²) in [5, 5.41) is 9.44. The van der Waals surface area contributed by atoms with Crippen LogP contribution in [0.15, 0.2) is 30.4 Å². The number of carbonyl (C=O) groups excluding carboxylic acids is 1. The number of esters is 1. The van der Waals surface area contributed by atoms with Crippen molar-refractivity contribution >= 4 is 11.9 Å². The first-order chi connectivity index (χ1) is 11.9. The van der Waals surface area contributed by atoms with Crippen molar-refractivity contribution in [1.82, 2.24) is 0 Å². The number of carboxylic acid groups (broad SMARTS) is 1. The maximum atomic E-state index is 12.3. The predicted molar refractivity (Wildman–Crippen MR) is 96.7 cm³/mol. The maximum absolute atomic E-state index is 12.3. The topological polar surface area (TPSA) is 72.8 Å². The Morgan fingerprint density at radius 2 is 1.92 bits per heavy atom. The van der Waals surface area contributed by atoms with E-state index < -0.39 is 17.5 Å². The second-order valence-electron chi connectivity index (χ2n) is 5.97. The van der Waals surface area contributed by atoms with Gasteiger partial charge in [-0.15, -0.1) is 0 Å². The molecule has 1 rings (SSSR count). The highest BCUT2D eigenvalue weighted by atomic mass is 16.5. The van der Waals surface area contributed by atoms with Crippen molar-refractivity contribution in [3.8, 4) is 0 Å². The van der Waals surface area contributed by atoms with E-state index in [9.17, 15) is 14.7 Å². The zero-order chi connectivity index (χ0) is 19.0. The molecule has 1 aromatic carbocycles. The Labute approximate surface area is 149 Å². The highest BCUT2D eigenvalue weighted by molar-refractivity contribution is 5.92. The molecule has 0 aromatic heterocycles. The average Bonchev–Trinajstić information content (AvgIpc) is 2.59. The van der Waals surface area contributed by atoms with Gasteiger partial charge in [0.05, 0.1) is 18.2 Å². The van der Waals surface area contributed by atoms with E-state index in [4.69, 9.17) is 9.47 Å². The van der Waals surface area contributed by atoms with Crippen LogP contribution >= 0.6 is 0 Å². The quantitative estimate of drug-likeness (QED) is 0.389. The van der Waals surface area contributed by atoms with E-state index in [1.54, 1.807) is 25.1 Å². The Hall–Kier alpha value is -2.14. The number of hydrogen-bond acceptors (Lipinski definition) is 4. The Bertz CT molecular complexity index is 635. The molecule has 0 fully saturated rings. The summed E-state index contributed by atoms with van der Waals surface area (Å²) in [6, 6.07) is 5.02. The van der Waals surface area contributed by atoms with Crippen LogP contribution in [-0.4, -0.2) is 30.8 Å². The van der Waals surface area contributed by atoms with Crippen LogP contribution in [0, 0.1) is 6.92 Å². The van der Waals surface area contributed by atoms with Crippen molar-refractivity contribution in [2.75, 3.05) is 13.7 Å². The smallest absolute Gasteiger partial charge is 0.336 e. The number of benzene rings is 1. The third-order valence-electron chi connectivity index (χ3n) is 4.44. The van der Waals surface area contributed by atoms with Crippen molar-refractivity contribution in [3.05, 3.63) is 47.0 Å². The Kier molecular flexibility index (Phi) is 7.84. The fraction of sp³-hybridized carbons (Fsp3) is 0.500. The number of rotatable bonds is 10. The second kappa shape index (κ2) is 9.37. The van der Waals surface area contributed by atoms with Gasteiger partial charge in [-0.3, -0.25) is 0 Å². The molecule has 0 saturated carbocycles. The molecule has 0 saturated heterocycles. The van der Waals surface area contributed by atoms with Gasteiger partial charge in [0.15, 0.2) is 0 Å². The number of unbranched alkanes of at least 4 members (excludes halogenated alkanes) is 2. The van der Waals surface area contributed by atoms with Crippen molar-refractivity contribution in [3.63, 3.8) is 0 Å². The standard InChI is InChI=1S/C20H28O5/c1-6-8-9-13-20(25-7-2,15(4)19(23)24-5)17-12-10-11-16(14(17)3)18(21)22/h10-12H,4,6-9,13H2,1-3,5H3,(H,21,22). The lowest BCUT2D eigenvalue weighted by Gasteiger charge is -2.36. The van der Waals surface area contributed by atoms with Gasteiger partial charge >= 0.3 is 11.9 Å². The summed E-state index contributed by atoms with van der Waals surface area (Å²) < 4.78 is 10.9. The van der Waals surface area contributed by atoms with Gasteiger partial charge in [0.2, 0.25) is 0 Å². The van der Waals surface area contributed by atoms with E-state index in [2.05, 4.69) is 13.5 Å². The van der Waals surface area contributed by atoms with Crippen LogP contribution in [0.1, 0.15) is 61.0 Å². The first-order valence-electron chi connectivity index (χ1n) is 8.60. The average molecular weight is 348 g/mol. The molecule has 138 valence electrons. The minimum atomic E-state index is -1.09. The van der Waals surface area contributed by atoms with Gasteiger partial charge in [0.25, 0.3) is 0 Å². The maximum Gasteiger partial charge on any atom is 0.336 e. The molecule has 1 aromatic rings. The summed E-state index contributed by atoms with van der Waals surface area (Å²) in [6.07, 6.45) is 3.35. The SMILES string of the molecule is C=C(C(=O)OC)C(CCCCC)(OCC)c1cccc(C(=O)O)c1C. The molecule has 0 aliphatic heterocycles. The van der Waals surface area contributed by atoms with Crippen LogP contribution in [0.25, 0.3) is 0 Å². The highest BCUT2D eigenvalue weighted by Gasteiger charge is 2.41. The lowest BCUT2D eigenvalue weighted by atomic mass is 9.79. The predicted octanol–water partition coefficient (Wildman–Crippen LogP) is 4.23. The van der Waals surface area contributed by atoms with Crippen molar-refractivity contribution in [1.29, 1.82) is 0 Å². The largest absolute Gasteiger partial charge is 0.478 e. The van der Waals surface area contributed by atoms with Crippen LogP contribution in [-0.2, 0) is 19.9 Å². The van der Waals surface area contributed by atoms with Gasteiger partial charge in [-0.1, -0.05) is 38.5 Å². The molecule has 25 heavy (non-hydrogen) atoms. The van der Waals surface area contributed by atoms with Gasteiger partial charge in [-0.2, -0.15) is 0 Å². The molecule has 0 bridgehead atoms. The van der Waals surface area contributed by atoms with Crippen LogP contribution in [0.3, 0.4) is 0 Å². The number of carboxylic acids is 1. The van der Waals surface area contributed by atoms with Gasteiger partial charge in [0.1, 0.15) is 5.60 Å². The Balaban J connectivity index is 3.57. The molecule has 1 unspecified atom stereocenters. The lowest BCUT2D eigenvalue weighted by Crippen LogP contribution is -2.37. The molecule has 1 N–H and O–H groups in total. The van der Waals surface area contributed by atoms with Crippen molar-refractivity contribution < 1.29 is 24.2 Å². The minimum absolute atomic E-state index is 0.190. The van der Waals surface area contributed by atoms with Crippen LogP contribution in [0.4, 0.5) is 0 Å². The fourth-order valence-electron chi connectivity index (χ4n) is 3.15. The summed E-state index contributed by atoms with van der Waals surface area (Å²) in [5.41, 5.74) is 0.520. The van der Waals surface area contributed by atoms with Gasteiger partial charge in [-0.25, -0.2) is 9.59 Å². The number of carbonyl (C=O) groups is 2. The molecule has 0 heterocycles. The van der Waals surface area contributed by atoms with Gasteiger partial charge in [-0.05, 0) is 43.9 Å². The second-order valence-corrected chi connectivity index (χ2v) is 5.97. The van der Waals surface area contributed by atoms with E-state index in [1.807, 2.05) is 6.92 Å². The first kappa shape index (κ1) is 20.9. The van der Waals surface area contributed by atoms with Crippen molar-refractivity contribution in [2.45, 2.75) is 52.1 Å². The number of ether oxygens (including phenoxy) is 2. The summed E-state index contributed by atoms with van der Waals surface area (Å²) in [4.78, 5) is 23.8. The molecule has 0 aliphatic carbocycles.